The van der Waals surface area contributed by atoms with Crippen LogP contribution in [0, 0.1) is 0 Å². The molecule has 4 nitrogen and oxygen atoms in total. The Morgan fingerprint density at radius 1 is 1.46 bits per heavy atom. The maximum Gasteiger partial charge on any atom is 0.263 e. The van der Waals surface area contributed by atoms with Gasteiger partial charge >= 0.3 is 0 Å². The first-order chi connectivity index (χ1) is 5.92. The van der Waals surface area contributed by atoms with Crippen molar-refractivity contribution in [3.8, 4) is 0 Å². The highest BCUT2D eigenvalue weighted by molar-refractivity contribution is 8.21. The summed E-state index contributed by atoms with van der Waals surface area (Å²) in [4.78, 5) is 0. The zero-order valence-electron chi connectivity index (χ0n) is 8.41. The minimum Gasteiger partial charge on any atom is -0.365 e. The maximum atomic E-state index is 11.8. The van der Waals surface area contributed by atoms with Crippen LogP contribution in [0.3, 0.4) is 0 Å². The second-order valence-corrected chi connectivity index (χ2v) is 13.8. The summed E-state index contributed by atoms with van der Waals surface area (Å²) in [5, 5.41) is 0. The lowest BCUT2D eigenvalue weighted by Gasteiger charge is -2.30. The Morgan fingerprint density at radius 3 is 2.46 bits per heavy atom. The molecule has 1 rings (SSSR count). The van der Waals surface area contributed by atoms with E-state index in [4.69, 9.17) is 4.74 Å². The molecule has 0 radical (unpaired) electrons. The third kappa shape index (κ3) is 1.95. The molecule has 0 aromatic rings. The van der Waals surface area contributed by atoms with E-state index in [1.807, 2.05) is 17.7 Å². The summed E-state index contributed by atoms with van der Waals surface area (Å²) in [6.07, 6.45) is 0. The summed E-state index contributed by atoms with van der Waals surface area (Å²) >= 11 is 0. The number of hydrogen-bond acceptors (Lipinski definition) is 4. The Bertz CT molecular complexity index is 269. The lowest BCUT2D eigenvalue weighted by molar-refractivity contribution is 0.170. The molecular formula is C7H17NO3SSi. The van der Waals surface area contributed by atoms with Gasteiger partial charge in [0.15, 0.2) is 0 Å². The van der Waals surface area contributed by atoms with Gasteiger partial charge in [-0.3, -0.25) is 4.57 Å². The Hall–Kier alpha value is 0.0869. The van der Waals surface area contributed by atoms with E-state index >= 15 is 0 Å². The fraction of sp³-hybridized carbons (Fsp3) is 1.00. The van der Waals surface area contributed by atoms with Gasteiger partial charge in [0.1, 0.15) is 9.29 Å². The molecule has 1 aliphatic heterocycles. The fourth-order valence-corrected chi connectivity index (χ4v) is 7.25. The predicted octanol–water partition coefficient (Wildman–Crippen LogP) is 0.413. The van der Waals surface area contributed by atoms with Crippen LogP contribution in [-0.4, -0.2) is 46.0 Å². The van der Waals surface area contributed by atoms with Gasteiger partial charge < -0.3 is 4.74 Å². The van der Waals surface area contributed by atoms with Crippen molar-refractivity contribution >= 4 is 16.7 Å². The minimum atomic E-state index is -2.90. The van der Waals surface area contributed by atoms with E-state index in [1.165, 1.54) is 0 Å². The molecular weight excluding hydrogens is 206 g/mol. The van der Waals surface area contributed by atoms with E-state index in [-0.39, 0.29) is 5.75 Å². The van der Waals surface area contributed by atoms with Crippen LogP contribution < -0.4 is 0 Å². The second kappa shape index (κ2) is 3.68. The van der Waals surface area contributed by atoms with E-state index < -0.39 is 16.7 Å². The molecule has 0 saturated carbocycles. The number of ether oxygens (including phenoxy) is 1. The molecule has 0 unspecified atom stereocenters. The van der Waals surface area contributed by atoms with Crippen molar-refractivity contribution in [1.29, 1.82) is 0 Å². The molecule has 1 fully saturated rings. The summed E-state index contributed by atoms with van der Waals surface area (Å²) < 4.78 is 30.7. The fourth-order valence-electron chi connectivity index (χ4n) is 1.39. The van der Waals surface area contributed by atoms with E-state index in [2.05, 4.69) is 0 Å². The van der Waals surface area contributed by atoms with Crippen LogP contribution >= 0.6 is 0 Å². The monoisotopic (exact) mass is 223 g/mol. The maximum absolute atomic E-state index is 11.8. The standard InChI is InChI=1S/C7H17NO3SSi/c1-4-12(9,10)13(2,3)8-5-6-11-7-8/h4-7H2,1-3H3. The largest absolute Gasteiger partial charge is 0.365 e. The molecule has 0 amide bonds. The molecule has 0 spiro atoms. The summed E-state index contributed by atoms with van der Waals surface area (Å²) in [7, 11) is -5.21. The third-order valence-corrected chi connectivity index (χ3v) is 13.0. The molecule has 13 heavy (non-hydrogen) atoms. The van der Waals surface area contributed by atoms with E-state index in [0.717, 1.165) is 6.54 Å². The highest BCUT2D eigenvalue weighted by atomic mass is 32.4. The Labute approximate surface area is 80.5 Å². The van der Waals surface area contributed by atoms with Crippen molar-refractivity contribution in [3.63, 3.8) is 0 Å². The molecule has 1 aliphatic rings. The Morgan fingerprint density at radius 2 is 2.08 bits per heavy atom. The van der Waals surface area contributed by atoms with Crippen LogP contribution in [0.1, 0.15) is 6.92 Å². The first-order valence-electron chi connectivity index (χ1n) is 4.47. The van der Waals surface area contributed by atoms with Crippen LogP contribution in [0.2, 0.25) is 13.1 Å². The van der Waals surface area contributed by atoms with E-state index in [1.54, 1.807) is 6.92 Å². The molecule has 78 valence electrons. The molecule has 0 aliphatic carbocycles. The second-order valence-electron chi connectivity index (χ2n) is 3.65. The Balaban J connectivity index is 2.86. The van der Waals surface area contributed by atoms with Gasteiger partial charge in [-0.25, -0.2) is 8.42 Å². The van der Waals surface area contributed by atoms with Gasteiger partial charge in [0.05, 0.1) is 13.3 Å². The highest BCUT2D eigenvalue weighted by Crippen LogP contribution is 2.20. The quantitative estimate of drug-likeness (QED) is 0.650. The molecule has 0 N–H and O–H groups in total. The first kappa shape index (κ1) is 11.2. The van der Waals surface area contributed by atoms with E-state index in [0.29, 0.717) is 13.3 Å². The zero-order valence-corrected chi connectivity index (χ0v) is 10.2. The third-order valence-electron chi connectivity index (χ3n) is 2.66. The Kier molecular flexibility index (Phi) is 3.16. The van der Waals surface area contributed by atoms with Crippen LogP contribution in [0.15, 0.2) is 0 Å². The molecule has 0 aromatic heterocycles. The molecule has 1 heterocycles. The molecule has 6 heteroatoms. The average Bonchev–Trinajstić information content (AvgIpc) is 2.56. The van der Waals surface area contributed by atoms with Crippen molar-refractivity contribution in [2.45, 2.75) is 20.0 Å². The van der Waals surface area contributed by atoms with Crippen LogP contribution in [0.4, 0.5) is 0 Å². The number of rotatable bonds is 3. The van der Waals surface area contributed by atoms with Gasteiger partial charge in [0, 0.05) is 12.3 Å². The lowest BCUT2D eigenvalue weighted by Crippen LogP contribution is -2.54. The molecule has 0 aromatic carbocycles. The SMILES string of the molecule is CCS(=O)(=O)[Si](C)(C)N1CCOC1. The zero-order chi connectivity index (χ0) is 10.1. The molecule has 1 saturated heterocycles. The molecule has 0 bridgehead atoms. The summed E-state index contributed by atoms with van der Waals surface area (Å²) in [5.41, 5.74) is 0. The first-order valence-corrected chi connectivity index (χ1v) is 9.79. The van der Waals surface area contributed by atoms with Gasteiger partial charge in [0.25, 0.3) is 7.38 Å². The smallest absolute Gasteiger partial charge is 0.263 e. The topological polar surface area (TPSA) is 46.6 Å². The van der Waals surface area contributed by atoms with Crippen LogP contribution in [0.5, 0.6) is 0 Å². The van der Waals surface area contributed by atoms with Gasteiger partial charge in [-0.15, -0.1) is 0 Å². The summed E-state index contributed by atoms with van der Waals surface area (Å²) in [5.74, 6) is 0.239. The van der Waals surface area contributed by atoms with Crippen molar-refractivity contribution in [2.24, 2.45) is 0 Å². The summed E-state index contributed by atoms with van der Waals surface area (Å²) in [6.45, 7) is 7.37. The van der Waals surface area contributed by atoms with Crippen molar-refractivity contribution in [1.82, 2.24) is 4.57 Å². The van der Waals surface area contributed by atoms with Crippen molar-refractivity contribution < 1.29 is 13.2 Å². The van der Waals surface area contributed by atoms with Gasteiger partial charge in [-0.2, -0.15) is 0 Å². The van der Waals surface area contributed by atoms with Gasteiger partial charge in [-0.05, 0) is 13.1 Å². The minimum absolute atomic E-state index is 0.239. The number of nitrogens with zero attached hydrogens (tertiary/aromatic N) is 1. The van der Waals surface area contributed by atoms with Crippen LogP contribution in [0.25, 0.3) is 0 Å². The normalized spacial score (nSPS) is 20.8. The lowest BCUT2D eigenvalue weighted by atomic mass is 10.7. The van der Waals surface area contributed by atoms with Crippen LogP contribution in [-0.2, 0) is 14.0 Å². The summed E-state index contributed by atoms with van der Waals surface area (Å²) in [6, 6.07) is 0. The predicted molar refractivity (Wildman–Crippen MR) is 54.5 cm³/mol. The highest BCUT2D eigenvalue weighted by Gasteiger charge is 2.43. The molecule has 0 atom stereocenters. The number of hydrogen-bond donors (Lipinski definition) is 0. The van der Waals surface area contributed by atoms with E-state index in [9.17, 15) is 8.42 Å². The average molecular weight is 223 g/mol. The van der Waals surface area contributed by atoms with Gasteiger partial charge in [-0.1, -0.05) is 6.92 Å². The van der Waals surface area contributed by atoms with Crippen molar-refractivity contribution in [3.05, 3.63) is 0 Å². The van der Waals surface area contributed by atoms with Crippen molar-refractivity contribution in [2.75, 3.05) is 25.6 Å². The van der Waals surface area contributed by atoms with Gasteiger partial charge in [0.2, 0.25) is 0 Å².